The fourth-order valence-electron chi connectivity index (χ4n) is 2.14. The normalized spacial score (nSPS) is 17.9. The summed E-state index contributed by atoms with van der Waals surface area (Å²) in [5, 5.41) is 5.23. The summed E-state index contributed by atoms with van der Waals surface area (Å²) in [4.78, 5) is 0. The van der Waals surface area contributed by atoms with Gasteiger partial charge in [-0.25, -0.2) is 8.42 Å². The van der Waals surface area contributed by atoms with E-state index in [2.05, 4.69) is 19.2 Å². The predicted octanol–water partition coefficient (Wildman–Crippen LogP) is 2.67. The fraction of sp³-hybridized carbons (Fsp3) is 0.714. The summed E-state index contributed by atoms with van der Waals surface area (Å²) in [6, 6.07) is 2.29. The van der Waals surface area contributed by atoms with Crippen LogP contribution < -0.4 is 5.32 Å². The summed E-state index contributed by atoms with van der Waals surface area (Å²) in [6.07, 6.45) is 2.30. The van der Waals surface area contributed by atoms with Crippen molar-refractivity contribution >= 4 is 21.4 Å². The van der Waals surface area contributed by atoms with Gasteiger partial charge in [0.05, 0.1) is 0 Å². The molecule has 1 heterocycles. The van der Waals surface area contributed by atoms with Gasteiger partial charge in [-0.2, -0.15) is 4.31 Å². The molecule has 0 bridgehead atoms. The topological polar surface area (TPSA) is 49.4 Å². The number of nitrogens with zero attached hydrogens (tertiary/aromatic N) is 1. The standard InChI is InChI=1S/C14H24N2O2S2/c1-10(2)15-8-12-7-14(19-9-12)20(17,18)16(4)11(3)13-5-6-13/h7,9-11,13,15H,5-6,8H2,1-4H3. The molecule has 0 amide bonds. The van der Waals surface area contributed by atoms with Crippen LogP contribution in [0.25, 0.3) is 0 Å². The molecule has 6 heteroatoms. The Morgan fingerprint density at radius 3 is 2.60 bits per heavy atom. The highest BCUT2D eigenvalue weighted by Crippen LogP contribution is 2.37. The summed E-state index contributed by atoms with van der Waals surface area (Å²) >= 11 is 1.32. The van der Waals surface area contributed by atoms with Gasteiger partial charge in [0.1, 0.15) is 4.21 Å². The molecule has 4 nitrogen and oxygen atoms in total. The average molecular weight is 316 g/mol. The van der Waals surface area contributed by atoms with Gasteiger partial charge >= 0.3 is 0 Å². The van der Waals surface area contributed by atoms with E-state index >= 15 is 0 Å². The van der Waals surface area contributed by atoms with Crippen LogP contribution >= 0.6 is 11.3 Å². The van der Waals surface area contributed by atoms with Gasteiger partial charge < -0.3 is 5.32 Å². The second kappa shape index (κ2) is 6.13. The van der Waals surface area contributed by atoms with Crippen LogP contribution in [0.2, 0.25) is 0 Å². The van der Waals surface area contributed by atoms with Crippen LogP contribution in [0.4, 0.5) is 0 Å². The molecule has 0 radical (unpaired) electrons. The summed E-state index contributed by atoms with van der Waals surface area (Å²) in [5.41, 5.74) is 1.04. The molecular weight excluding hydrogens is 292 g/mol. The van der Waals surface area contributed by atoms with Gasteiger partial charge in [-0.05, 0) is 42.7 Å². The van der Waals surface area contributed by atoms with Crippen molar-refractivity contribution in [2.75, 3.05) is 7.05 Å². The Labute approximate surface area is 126 Å². The zero-order chi connectivity index (χ0) is 14.9. The van der Waals surface area contributed by atoms with Crippen LogP contribution in [-0.4, -0.2) is 31.9 Å². The molecule has 0 spiro atoms. The molecular formula is C14H24N2O2S2. The molecule has 1 N–H and O–H groups in total. The highest BCUT2D eigenvalue weighted by Gasteiger charge is 2.36. The fourth-order valence-corrected chi connectivity index (χ4v) is 4.96. The minimum Gasteiger partial charge on any atom is -0.310 e. The maximum absolute atomic E-state index is 12.6. The first-order valence-corrected chi connectivity index (χ1v) is 9.43. The average Bonchev–Trinajstić information content (AvgIpc) is 3.12. The van der Waals surface area contributed by atoms with Crippen molar-refractivity contribution in [3.63, 3.8) is 0 Å². The Morgan fingerprint density at radius 1 is 1.40 bits per heavy atom. The lowest BCUT2D eigenvalue weighted by Gasteiger charge is -2.23. The highest BCUT2D eigenvalue weighted by molar-refractivity contribution is 7.91. The molecule has 20 heavy (non-hydrogen) atoms. The number of hydrogen-bond acceptors (Lipinski definition) is 4. The number of nitrogens with one attached hydrogen (secondary N) is 1. The van der Waals surface area contributed by atoms with E-state index in [9.17, 15) is 8.42 Å². The number of thiophene rings is 1. The molecule has 1 aromatic rings. The Kier molecular flexibility index (Phi) is 4.89. The largest absolute Gasteiger partial charge is 0.310 e. The highest BCUT2D eigenvalue weighted by atomic mass is 32.2. The molecule has 1 aromatic heterocycles. The monoisotopic (exact) mass is 316 g/mol. The molecule has 0 saturated heterocycles. The molecule has 1 fully saturated rings. The number of hydrogen-bond donors (Lipinski definition) is 1. The number of sulfonamides is 1. The molecule has 0 aliphatic heterocycles. The summed E-state index contributed by atoms with van der Waals surface area (Å²) < 4.78 is 27.1. The molecule has 1 aliphatic carbocycles. The van der Waals surface area contributed by atoms with E-state index in [4.69, 9.17) is 0 Å². The first-order valence-electron chi connectivity index (χ1n) is 7.11. The van der Waals surface area contributed by atoms with Crippen molar-refractivity contribution in [3.8, 4) is 0 Å². The molecule has 0 aromatic carbocycles. The van der Waals surface area contributed by atoms with Gasteiger partial charge in [0.2, 0.25) is 0 Å². The Bertz CT molecular complexity index is 547. The SMILES string of the molecule is CC(C)NCc1csc(S(=O)(=O)N(C)C(C)C2CC2)c1. The quantitative estimate of drug-likeness (QED) is 0.841. The minimum absolute atomic E-state index is 0.0966. The molecule has 1 unspecified atom stereocenters. The molecule has 1 atom stereocenters. The van der Waals surface area contributed by atoms with Gasteiger partial charge in [0.15, 0.2) is 0 Å². The first kappa shape index (κ1) is 15.9. The zero-order valence-corrected chi connectivity index (χ0v) is 14.2. The van der Waals surface area contributed by atoms with Crippen molar-refractivity contribution in [1.29, 1.82) is 0 Å². The van der Waals surface area contributed by atoms with Gasteiger partial charge in [0.25, 0.3) is 10.0 Å². The zero-order valence-electron chi connectivity index (χ0n) is 12.6. The Hall–Kier alpha value is -0.430. The van der Waals surface area contributed by atoms with E-state index in [1.165, 1.54) is 15.6 Å². The predicted molar refractivity (Wildman–Crippen MR) is 83.4 cm³/mol. The molecule has 114 valence electrons. The van der Waals surface area contributed by atoms with Crippen LogP contribution in [0.3, 0.4) is 0 Å². The van der Waals surface area contributed by atoms with Crippen molar-refractivity contribution in [1.82, 2.24) is 9.62 Å². The smallest absolute Gasteiger partial charge is 0.252 e. The van der Waals surface area contributed by atoms with Crippen LogP contribution in [-0.2, 0) is 16.6 Å². The summed E-state index contributed by atoms with van der Waals surface area (Å²) in [7, 11) is -1.64. The molecule has 2 rings (SSSR count). The lowest BCUT2D eigenvalue weighted by molar-refractivity contribution is 0.358. The second-order valence-corrected chi connectivity index (χ2v) is 9.04. The van der Waals surface area contributed by atoms with E-state index < -0.39 is 10.0 Å². The van der Waals surface area contributed by atoms with Crippen LogP contribution in [0.5, 0.6) is 0 Å². The van der Waals surface area contributed by atoms with Crippen molar-refractivity contribution in [2.45, 2.75) is 56.5 Å². The van der Waals surface area contributed by atoms with Crippen LogP contribution in [0, 0.1) is 5.92 Å². The van der Waals surface area contributed by atoms with Gasteiger partial charge in [-0.3, -0.25) is 0 Å². The van der Waals surface area contributed by atoms with E-state index in [-0.39, 0.29) is 6.04 Å². The molecule has 1 aliphatic rings. The Balaban J connectivity index is 2.09. The van der Waals surface area contributed by atoms with E-state index in [0.29, 0.717) is 22.7 Å². The number of rotatable bonds is 7. The second-order valence-electron chi connectivity index (χ2n) is 5.91. The third-order valence-corrected chi connectivity index (χ3v) is 7.26. The van der Waals surface area contributed by atoms with E-state index in [1.807, 2.05) is 12.3 Å². The van der Waals surface area contributed by atoms with Crippen molar-refractivity contribution in [3.05, 3.63) is 17.0 Å². The van der Waals surface area contributed by atoms with E-state index in [1.54, 1.807) is 13.1 Å². The van der Waals surface area contributed by atoms with Crippen LogP contribution in [0.1, 0.15) is 39.2 Å². The third kappa shape index (κ3) is 3.61. The summed E-state index contributed by atoms with van der Waals surface area (Å²) in [6.45, 7) is 6.87. The molecule has 1 saturated carbocycles. The lowest BCUT2D eigenvalue weighted by atomic mass is 10.2. The third-order valence-electron chi connectivity index (χ3n) is 3.86. The minimum atomic E-state index is -3.34. The van der Waals surface area contributed by atoms with Gasteiger partial charge in [-0.15, -0.1) is 11.3 Å². The Morgan fingerprint density at radius 2 is 2.05 bits per heavy atom. The summed E-state index contributed by atoms with van der Waals surface area (Å²) in [5.74, 6) is 0.539. The van der Waals surface area contributed by atoms with Crippen molar-refractivity contribution in [2.24, 2.45) is 5.92 Å². The lowest BCUT2D eigenvalue weighted by Crippen LogP contribution is -2.36. The van der Waals surface area contributed by atoms with Crippen molar-refractivity contribution < 1.29 is 8.42 Å². The first-order chi connectivity index (χ1) is 9.32. The maximum Gasteiger partial charge on any atom is 0.252 e. The van der Waals surface area contributed by atoms with Gasteiger partial charge in [0, 0.05) is 25.7 Å². The van der Waals surface area contributed by atoms with Gasteiger partial charge in [-0.1, -0.05) is 13.8 Å². The van der Waals surface area contributed by atoms with E-state index in [0.717, 1.165) is 18.4 Å². The van der Waals surface area contributed by atoms with Crippen LogP contribution in [0.15, 0.2) is 15.7 Å². The maximum atomic E-state index is 12.6.